The van der Waals surface area contributed by atoms with Gasteiger partial charge in [0.25, 0.3) is 0 Å². The lowest BCUT2D eigenvalue weighted by Crippen LogP contribution is -2.12. The van der Waals surface area contributed by atoms with Gasteiger partial charge >= 0.3 is 6.18 Å². The highest BCUT2D eigenvalue weighted by molar-refractivity contribution is 5.80. The number of carbonyl (C=O) groups excluding carboxylic acids is 1. The number of hydrogen-bond acceptors (Lipinski definition) is 3. The number of imidazole rings is 1. The van der Waals surface area contributed by atoms with Gasteiger partial charge < -0.3 is 15.5 Å². The second-order valence-corrected chi connectivity index (χ2v) is 8.37. The van der Waals surface area contributed by atoms with Gasteiger partial charge in [0.05, 0.1) is 16.6 Å². The van der Waals surface area contributed by atoms with Gasteiger partial charge in [0.1, 0.15) is 17.3 Å². The Morgan fingerprint density at radius 2 is 1.82 bits per heavy atom. The highest BCUT2D eigenvalue weighted by Crippen LogP contribution is 2.38. The number of aromatic amines is 1. The first-order valence-corrected chi connectivity index (χ1v) is 10.9. The molecule has 176 valence electrons. The molecule has 3 aromatic carbocycles. The summed E-state index contributed by atoms with van der Waals surface area (Å²) in [7, 11) is 0. The number of halogens is 3. The largest absolute Gasteiger partial charge is 0.457 e. The number of ether oxygens (including phenoxy) is 1. The maximum Gasteiger partial charge on any atom is 0.419 e. The molecule has 1 aromatic heterocycles. The SMILES string of the molecule is CC(CCC(N)=O)Cc1ccc2nc(-c3ccc(Oc4ccccc4C(F)(F)F)cc3)[nH]c2c1. The van der Waals surface area contributed by atoms with Gasteiger partial charge in [-0.1, -0.05) is 25.1 Å². The highest BCUT2D eigenvalue weighted by atomic mass is 19.4. The molecule has 8 heteroatoms. The molecule has 3 N–H and O–H groups in total. The minimum Gasteiger partial charge on any atom is -0.457 e. The van der Waals surface area contributed by atoms with Crippen LogP contribution < -0.4 is 10.5 Å². The summed E-state index contributed by atoms with van der Waals surface area (Å²) in [6.07, 6.45) is -2.56. The molecule has 1 amide bonds. The van der Waals surface area contributed by atoms with Crippen molar-refractivity contribution in [1.29, 1.82) is 0 Å². The molecule has 34 heavy (non-hydrogen) atoms. The van der Waals surface area contributed by atoms with E-state index in [4.69, 9.17) is 10.5 Å². The number of hydrogen-bond donors (Lipinski definition) is 2. The number of nitrogens with one attached hydrogen (secondary N) is 1. The van der Waals surface area contributed by atoms with E-state index in [9.17, 15) is 18.0 Å². The van der Waals surface area contributed by atoms with Crippen LogP contribution in [0.3, 0.4) is 0 Å². The Kier molecular flexibility index (Phi) is 6.58. The normalized spacial score (nSPS) is 12.6. The Hall–Kier alpha value is -3.81. The van der Waals surface area contributed by atoms with Crippen molar-refractivity contribution in [2.24, 2.45) is 11.7 Å². The Labute approximate surface area is 194 Å². The fraction of sp³-hybridized carbons (Fsp3) is 0.231. The number of amides is 1. The van der Waals surface area contributed by atoms with Crippen molar-refractivity contribution in [3.63, 3.8) is 0 Å². The molecule has 1 atom stereocenters. The van der Waals surface area contributed by atoms with Crippen LogP contribution in [0.1, 0.15) is 30.9 Å². The first kappa shape index (κ1) is 23.4. The van der Waals surface area contributed by atoms with Crippen LogP contribution in [-0.2, 0) is 17.4 Å². The molecule has 0 spiro atoms. The van der Waals surface area contributed by atoms with Crippen LogP contribution >= 0.6 is 0 Å². The number of aromatic nitrogens is 2. The molecule has 1 unspecified atom stereocenters. The van der Waals surface area contributed by atoms with Crippen molar-refractivity contribution in [3.8, 4) is 22.9 Å². The van der Waals surface area contributed by atoms with E-state index in [0.717, 1.165) is 41.1 Å². The van der Waals surface area contributed by atoms with E-state index in [-0.39, 0.29) is 11.7 Å². The molecule has 1 heterocycles. The Balaban J connectivity index is 1.49. The summed E-state index contributed by atoms with van der Waals surface area (Å²) < 4.78 is 45.1. The molecule has 4 aromatic rings. The van der Waals surface area contributed by atoms with Crippen molar-refractivity contribution in [1.82, 2.24) is 9.97 Å². The van der Waals surface area contributed by atoms with Gasteiger partial charge in [-0.05, 0) is 72.9 Å². The van der Waals surface area contributed by atoms with Gasteiger partial charge in [-0.25, -0.2) is 4.98 Å². The van der Waals surface area contributed by atoms with E-state index in [1.54, 1.807) is 24.3 Å². The molecule has 0 radical (unpaired) electrons. The van der Waals surface area contributed by atoms with Crippen molar-refractivity contribution in [2.75, 3.05) is 0 Å². The number of benzene rings is 3. The predicted octanol–water partition coefficient (Wildman–Crippen LogP) is 6.49. The lowest BCUT2D eigenvalue weighted by atomic mass is 9.96. The average molecular weight is 467 g/mol. The van der Waals surface area contributed by atoms with Gasteiger partial charge in [-0.3, -0.25) is 4.79 Å². The summed E-state index contributed by atoms with van der Waals surface area (Å²) in [6.45, 7) is 2.09. The Bertz CT molecular complexity index is 1300. The van der Waals surface area contributed by atoms with E-state index in [2.05, 4.69) is 16.9 Å². The summed E-state index contributed by atoms with van der Waals surface area (Å²) in [4.78, 5) is 18.9. The number of nitrogens with two attached hydrogens (primary N) is 1. The molecular formula is C26H24F3N3O2. The van der Waals surface area contributed by atoms with Crippen molar-refractivity contribution in [3.05, 3.63) is 77.9 Å². The zero-order valence-corrected chi connectivity index (χ0v) is 18.5. The van der Waals surface area contributed by atoms with E-state index in [0.29, 0.717) is 23.9 Å². The quantitative estimate of drug-likeness (QED) is 0.311. The maximum atomic E-state index is 13.2. The second-order valence-electron chi connectivity index (χ2n) is 8.37. The molecule has 0 fully saturated rings. The maximum absolute atomic E-state index is 13.2. The Morgan fingerprint density at radius 3 is 2.53 bits per heavy atom. The van der Waals surface area contributed by atoms with Crippen LogP contribution in [0.2, 0.25) is 0 Å². The predicted molar refractivity (Wildman–Crippen MR) is 124 cm³/mol. The zero-order valence-electron chi connectivity index (χ0n) is 18.5. The summed E-state index contributed by atoms with van der Waals surface area (Å²) in [5.41, 5.74) is 8.01. The fourth-order valence-electron chi connectivity index (χ4n) is 3.81. The van der Waals surface area contributed by atoms with E-state index in [1.165, 1.54) is 18.2 Å². The van der Waals surface area contributed by atoms with E-state index >= 15 is 0 Å². The monoisotopic (exact) mass is 467 g/mol. The zero-order chi connectivity index (χ0) is 24.3. The van der Waals surface area contributed by atoms with Crippen molar-refractivity contribution in [2.45, 2.75) is 32.4 Å². The molecular weight excluding hydrogens is 443 g/mol. The van der Waals surface area contributed by atoms with Gasteiger partial charge in [0.15, 0.2) is 0 Å². The first-order chi connectivity index (χ1) is 16.2. The number of H-pyrrole nitrogens is 1. The van der Waals surface area contributed by atoms with Gasteiger partial charge in [-0.15, -0.1) is 0 Å². The fourth-order valence-corrected chi connectivity index (χ4v) is 3.81. The van der Waals surface area contributed by atoms with Crippen LogP contribution in [-0.4, -0.2) is 15.9 Å². The van der Waals surface area contributed by atoms with Gasteiger partial charge in [0, 0.05) is 12.0 Å². The van der Waals surface area contributed by atoms with E-state index in [1.807, 2.05) is 18.2 Å². The first-order valence-electron chi connectivity index (χ1n) is 10.9. The van der Waals surface area contributed by atoms with Crippen molar-refractivity contribution >= 4 is 16.9 Å². The summed E-state index contributed by atoms with van der Waals surface area (Å²) in [6, 6.07) is 17.8. The highest BCUT2D eigenvalue weighted by Gasteiger charge is 2.34. The van der Waals surface area contributed by atoms with Crippen LogP contribution in [0.25, 0.3) is 22.4 Å². The third kappa shape index (κ3) is 5.57. The smallest absolute Gasteiger partial charge is 0.419 e. The van der Waals surface area contributed by atoms with Crippen LogP contribution in [0.15, 0.2) is 66.7 Å². The van der Waals surface area contributed by atoms with Crippen LogP contribution in [0.4, 0.5) is 13.2 Å². The minimum atomic E-state index is -4.50. The number of fused-ring (bicyclic) bond motifs is 1. The van der Waals surface area contributed by atoms with Gasteiger partial charge in [0.2, 0.25) is 5.91 Å². The molecule has 0 aliphatic rings. The second kappa shape index (κ2) is 9.59. The molecule has 5 nitrogen and oxygen atoms in total. The van der Waals surface area contributed by atoms with E-state index < -0.39 is 11.7 Å². The lowest BCUT2D eigenvalue weighted by Gasteiger charge is -2.13. The number of rotatable bonds is 8. The number of primary amides is 1. The number of para-hydroxylation sites is 1. The third-order valence-electron chi connectivity index (χ3n) is 5.56. The Morgan fingerprint density at radius 1 is 1.09 bits per heavy atom. The molecule has 0 aliphatic carbocycles. The number of carbonyl (C=O) groups is 1. The van der Waals surface area contributed by atoms with Crippen molar-refractivity contribution < 1.29 is 22.7 Å². The van der Waals surface area contributed by atoms with Crippen LogP contribution in [0.5, 0.6) is 11.5 Å². The summed E-state index contributed by atoms with van der Waals surface area (Å²) >= 11 is 0. The summed E-state index contributed by atoms with van der Waals surface area (Å²) in [5, 5.41) is 0. The molecule has 0 saturated carbocycles. The third-order valence-corrected chi connectivity index (χ3v) is 5.56. The standard InChI is InChI=1S/C26H24F3N3O2/c1-16(6-13-24(30)33)14-17-7-12-21-22(15-17)32-25(31-21)18-8-10-19(11-9-18)34-23-5-3-2-4-20(23)26(27,28)29/h2-5,7-12,15-16H,6,13-14H2,1H3,(H2,30,33)(H,31,32). The minimum absolute atomic E-state index is 0.246. The molecule has 0 bridgehead atoms. The number of nitrogens with zero attached hydrogens (tertiary/aromatic N) is 1. The molecule has 4 rings (SSSR count). The average Bonchev–Trinajstić information content (AvgIpc) is 3.21. The van der Waals surface area contributed by atoms with Crippen LogP contribution in [0, 0.1) is 5.92 Å². The topological polar surface area (TPSA) is 81.0 Å². The lowest BCUT2D eigenvalue weighted by molar-refractivity contribution is -0.138. The molecule has 0 saturated heterocycles. The summed E-state index contributed by atoms with van der Waals surface area (Å²) in [5.74, 6) is 0.730. The number of alkyl halides is 3. The van der Waals surface area contributed by atoms with Gasteiger partial charge in [-0.2, -0.15) is 13.2 Å². The molecule has 0 aliphatic heterocycles.